The molecule has 19 heavy (non-hydrogen) atoms. The van der Waals surface area contributed by atoms with E-state index in [2.05, 4.69) is 34.3 Å². The van der Waals surface area contributed by atoms with Crippen molar-refractivity contribution in [3.8, 4) is 0 Å². The molecule has 0 amide bonds. The van der Waals surface area contributed by atoms with Crippen molar-refractivity contribution in [2.45, 2.75) is 13.8 Å². The molecule has 0 saturated heterocycles. The molecule has 0 bridgehead atoms. The number of nitrogens with two attached hydrogens (primary N) is 1. The summed E-state index contributed by atoms with van der Waals surface area (Å²) in [6.45, 7) is 5.17. The predicted octanol–water partition coefficient (Wildman–Crippen LogP) is 2.76. The molecule has 0 fully saturated rings. The van der Waals surface area contributed by atoms with Crippen molar-refractivity contribution >= 4 is 33.4 Å². The average molecular weight is 255 g/mol. The van der Waals surface area contributed by atoms with Gasteiger partial charge in [0.2, 0.25) is 0 Å². The zero-order valence-electron chi connectivity index (χ0n) is 11.1. The van der Waals surface area contributed by atoms with Gasteiger partial charge in [-0.15, -0.1) is 0 Å². The lowest BCUT2D eigenvalue weighted by Gasteiger charge is -2.10. The molecule has 2 aromatic heterocycles. The first kappa shape index (κ1) is 11.8. The molecule has 1 aromatic carbocycles. The van der Waals surface area contributed by atoms with Crippen molar-refractivity contribution < 1.29 is 0 Å². The highest BCUT2D eigenvalue weighted by atomic mass is 15.2. The fraction of sp³-hybridized carbons (Fsp3) is 0.286. The standard InChI is InChI=1S/C14H17N5/c1-8(2)7-16-14-11-12(18-19-13(11)15)9-5-3-4-6-10(9)17-14/h3-6,8H,7H2,1-2H3,(H,16,17)(H3,15,18,19). The van der Waals surface area contributed by atoms with Crippen molar-refractivity contribution in [3.63, 3.8) is 0 Å². The number of H-pyrrole nitrogens is 1. The molecular formula is C14H17N5. The second-order valence-corrected chi connectivity index (χ2v) is 5.11. The second-order valence-electron chi connectivity index (χ2n) is 5.11. The first-order chi connectivity index (χ1) is 9.16. The summed E-state index contributed by atoms with van der Waals surface area (Å²) in [5.41, 5.74) is 7.83. The number of fused-ring (bicyclic) bond motifs is 3. The van der Waals surface area contributed by atoms with Gasteiger partial charge >= 0.3 is 0 Å². The first-order valence-electron chi connectivity index (χ1n) is 6.43. The zero-order chi connectivity index (χ0) is 13.4. The van der Waals surface area contributed by atoms with Crippen LogP contribution in [-0.2, 0) is 0 Å². The number of nitrogen functional groups attached to an aromatic ring is 1. The smallest absolute Gasteiger partial charge is 0.156 e. The number of hydrogen-bond donors (Lipinski definition) is 3. The topological polar surface area (TPSA) is 79.6 Å². The minimum Gasteiger partial charge on any atom is -0.382 e. The molecule has 0 aliphatic rings. The number of para-hydroxylation sites is 1. The van der Waals surface area contributed by atoms with Gasteiger partial charge in [-0.3, -0.25) is 5.10 Å². The normalized spacial score (nSPS) is 11.5. The van der Waals surface area contributed by atoms with Crippen LogP contribution in [0.4, 0.5) is 11.6 Å². The maximum absolute atomic E-state index is 5.95. The van der Waals surface area contributed by atoms with Gasteiger partial charge in [0.05, 0.1) is 16.4 Å². The van der Waals surface area contributed by atoms with Gasteiger partial charge in [-0.2, -0.15) is 5.10 Å². The van der Waals surface area contributed by atoms with Crippen molar-refractivity contribution in [2.24, 2.45) is 5.92 Å². The molecule has 0 saturated carbocycles. The Morgan fingerprint density at radius 1 is 1.32 bits per heavy atom. The number of aromatic nitrogens is 3. The Labute approximate surface area is 111 Å². The molecule has 0 atom stereocenters. The number of benzene rings is 1. The van der Waals surface area contributed by atoms with Crippen LogP contribution < -0.4 is 11.1 Å². The summed E-state index contributed by atoms with van der Waals surface area (Å²) in [5.74, 6) is 1.82. The van der Waals surface area contributed by atoms with Crippen molar-refractivity contribution in [3.05, 3.63) is 24.3 Å². The summed E-state index contributed by atoms with van der Waals surface area (Å²) in [4.78, 5) is 4.66. The van der Waals surface area contributed by atoms with Gasteiger partial charge in [0, 0.05) is 11.9 Å². The average Bonchev–Trinajstić information content (AvgIpc) is 2.79. The number of rotatable bonds is 3. The largest absolute Gasteiger partial charge is 0.382 e. The maximum atomic E-state index is 5.95. The number of pyridine rings is 1. The molecule has 0 radical (unpaired) electrons. The fourth-order valence-corrected chi connectivity index (χ4v) is 2.18. The summed E-state index contributed by atoms with van der Waals surface area (Å²) in [5, 5.41) is 12.4. The Bertz CT molecular complexity index is 729. The van der Waals surface area contributed by atoms with Crippen LogP contribution in [0.5, 0.6) is 0 Å². The lowest BCUT2D eigenvalue weighted by molar-refractivity contribution is 0.688. The molecule has 5 heteroatoms. The Morgan fingerprint density at radius 2 is 2.11 bits per heavy atom. The molecule has 0 unspecified atom stereocenters. The zero-order valence-corrected chi connectivity index (χ0v) is 11.1. The summed E-state index contributed by atoms with van der Waals surface area (Å²) in [6, 6.07) is 7.98. The van der Waals surface area contributed by atoms with Crippen molar-refractivity contribution in [1.82, 2.24) is 15.2 Å². The van der Waals surface area contributed by atoms with Gasteiger partial charge in [-0.1, -0.05) is 32.0 Å². The highest BCUT2D eigenvalue weighted by Gasteiger charge is 2.13. The molecule has 0 spiro atoms. The lowest BCUT2D eigenvalue weighted by atomic mass is 10.1. The van der Waals surface area contributed by atoms with Gasteiger partial charge in [0.1, 0.15) is 5.82 Å². The second kappa shape index (κ2) is 4.42. The van der Waals surface area contributed by atoms with Crippen molar-refractivity contribution in [2.75, 3.05) is 17.6 Å². The van der Waals surface area contributed by atoms with Crippen LogP contribution in [0.1, 0.15) is 13.8 Å². The predicted molar refractivity (Wildman–Crippen MR) is 79.1 cm³/mol. The first-order valence-corrected chi connectivity index (χ1v) is 6.43. The monoisotopic (exact) mass is 255 g/mol. The highest BCUT2D eigenvalue weighted by molar-refractivity contribution is 6.11. The number of nitrogens with zero attached hydrogens (tertiary/aromatic N) is 2. The summed E-state index contributed by atoms with van der Waals surface area (Å²) >= 11 is 0. The molecule has 98 valence electrons. The van der Waals surface area contributed by atoms with Crippen LogP contribution in [0.15, 0.2) is 24.3 Å². The molecular weight excluding hydrogens is 238 g/mol. The third-order valence-corrected chi connectivity index (χ3v) is 3.11. The van der Waals surface area contributed by atoms with Crippen LogP contribution in [0.25, 0.3) is 21.8 Å². The molecule has 4 N–H and O–H groups in total. The van der Waals surface area contributed by atoms with Gasteiger partial charge in [-0.25, -0.2) is 4.98 Å². The highest BCUT2D eigenvalue weighted by Crippen LogP contribution is 2.31. The van der Waals surface area contributed by atoms with Crippen LogP contribution in [0.2, 0.25) is 0 Å². The minimum atomic E-state index is 0.486. The number of hydrogen-bond acceptors (Lipinski definition) is 4. The van der Waals surface area contributed by atoms with E-state index in [0.717, 1.165) is 34.2 Å². The van der Waals surface area contributed by atoms with Crippen LogP contribution in [0.3, 0.4) is 0 Å². The van der Waals surface area contributed by atoms with E-state index in [1.165, 1.54) is 0 Å². The Hall–Kier alpha value is -2.30. The van der Waals surface area contributed by atoms with Gasteiger partial charge in [0.25, 0.3) is 0 Å². The van der Waals surface area contributed by atoms with Crippen LogP contribution in [-0.4, -0.2) is 21.7 Å². The Balaban J connectivity index is 2.25. The summed E-state index contributed by atoms with van der Waals surface area (Å²) < 4.78 is 0. The molecule has 5 nitrogen and oxygen atoms in total. The summed E-state index contributed by atoms with van der Waals surface area (Å²) in [6.07, 6.45) is 0. The molecule has 3 aromatic rings. The van der Waals surface area contributed by atoms with E-state index in [1.807, 2.05) is 24.3 Å². The molecule has 2 heterocycles. The number of anilines is 2. The Kier molecular flexibility index (Phi) is 2.74. The van der Waals surface area contributed by atoms with E-state index in [4.69, 9.17) is 5.73 Å². The molecule has 0 aliphatic carbocycles. The quantitative estimate of drug-likeness (QED) is 0.672. The van der Waals surface area contributed by atoms with E-state index in [-0.39, 0.29) is 0 Å². The van der Waals surface area contributed by atoms with Crippen LogP contribution in [0, 0.1) is 5.92 Å². The van der Waals surface area contributed by atoms with Gasteiger partial charge in [-0.05, 0) is 12.0 Å². The van der Waals surface area contributed by atoms with Gasteiger partial charge in [0.15, 0.2) is 5.82 Å². The number of aromatic amines is 1. The van der Waals surface area contributed by atoms with Gasteiger partial charge < -0.3 is 11.1 Å². The molecule has 0 aliphatic heterocycles. The lowest BCUT2D eigenvalue weighted by Crippen LogP contribution is -2.09. The Morgan fingerprint density at radius 3 is 2.89 bits per heavy atom. The van der Waals surface area contributed by atoms with E-state index < -0.39 is 0 Å². The third kappa shape index (κ3) is 1.97. The van der Waals surface area contributed by atoms with E-state index in [1.54, 1.807) is 0 Å². The van der Waals surface area contributed by atoms with Crippen LogP contribution >= 0.6 is 0 Å². The van der Waals surface area contributed by atoms with E-state index in [0.29, 0.717) is 11.7 Å². The third-order valence-electron chi connectivity index (χ3n) is 3.11. The van der Waals surface area contributed by atoms with E-state index in [9.17, 15) is 0 Å². The summed E-state index contributed by atoms with van der Waals surface area (Å²) in [7, 11) is 0. The van der Waals surface area contributed by atoms with Crippen molar-refractivity contribution in [1.29, 1.82) is 0 Å². The number of nitrogens with one attached hydrogen (secondary N) is 2. The minimum absolute atomic E-state index is 0.486. The molecule has 3 rings (SSSR count). The SMILES string of the molecule is CC(C)CNc1nc2ccccc2c2[nH]nc(N)c12. The van der Waals surface area contributed by atoms with E-state index >= 15 is 0 Å². The maximum Gasteiger partial charge on any atom is 0.156 e. The fourth-order valence-electron chi connectivity index (χ4n) is 2.18.